The first-order valence-electron chi connectivity index (χ1n) is 9.52. The van der Waals surface area contributed by atoms with Crippen molar-refractivity contribution in [3.8, 4) is 0 Å². The number of hydrogen-bond acceptors (Lipinski definition) is 6. The van der Waals surface area contributed by atoms with Crippen LogP contribution in [0.5, 0.6) is 0 Å². The molecule has 0 spiro atoms. The van der Waals surface area contributed by atoms with E-state index >= 15 is 0 Å². The number of anilines is 2. The minimum absolute atomic E-state index is 0.354. The zero-order valence-electron chi connectivity index (χ0n) is 15.8. The lowest BCUT2D eigenvalue weighted by molar-refractivity contribution is -0.138. The van der Waals surface area contributed by atoms with E-state index < -0.39 is 12.0 Å². The van der Waals surface area contributed by atoms with Gasteiger partial charge in [0.1, 0.15) is 0 Å². The average molecular weight is 381 g/mol. The quantitative estimate of drug-likeness (QED) is 0.272. The molecular formula is C21H27N5O2. The lowest BCUT2D eigenvalue weighted by Crippen LogP contribution is -2.22. The average Bonchev–Trinajstić information content (AvgIpc) is 3.20. The van der Waals surface area contributed by atoms with E-state index in [1.807, 2.05) is 30.3 Å². The molecule has 0 heterocycles. The highest BCUT2D eigenvalue weighted by Crippen LogP contribution is 2.27. The Morgan fingerprint density at radius 1 is 1.18 bits per heavy atom. The number of aliphatic carboxylic acids is 1. The van der Waals surface area contributed by atoms with Crippen molar-refractivity contribution in [1.29, 1.82) is 0 Å². The first-order valence-corrected chi connectivity index (χ1v) is 9.52. The molecule has 0 aliphatic heterocycles. The van der Waals surface area contributed by atoms with E-state index in [2.05, 4.69) is 15.7 Å². The number of nitrogens with two attached hydrogens (primary N) is 2. The third-order valence-corrected chi connectivity index (χ3v) is 5.00. The van der Waals surface area contributed by atoms with Gasteiger partial charge in [0, 0.05) is 24.0 Å². The molecular weight excluding hydrogens is 354 g/mol. The van der Waals surface area contributed by atoms with Crippen molar-refractivity contribution in [3.05, 3.63) is 59.2 Å². The molecule has 7 nitrogen and oxygen atoms in total. The number of hydrogen-bond donors (Lipinski definition) is 5. The monoisotopic (exact) mass is 381 g/mol. The summed E-state index contributed by atoms with van der Waals surface area (Å²) in [6.45, 7) is 0.354. The number of nitrogens with one attached hydrogen (secondary N) is 2. The number of rotatable bonds is 8. The summed E-state index contributed by atoms with van der Waals surface area (Å²) in [5.41, 5.74) is 9.89. The molecule has 28 heavy (non-hydrogen) atoms. The van der Waals surface area contributed by atoms with Crippen LogP contribution in [0.1, 0.15) is 48.4 Å². The summed E-state index contributed by atoms with van der Waals surface area (Å²) in [5.74, 6) is 4.20. The minimum Gasteiger partial charge on any atom is -0.479 e. The molecule has 2 aromatic carbocycles. The van der Waals surface area contributed by atoms with Gasteiger partial charge >= 0.3 is 5.97 Å². The van der Waals surface area contributed by atoms with Gasteiger partial charge in [-0.25, -0.2) is 4.79 Å². The van der Waals surface area contributed by atoms with Crippen molar-refractivity contribution in [3.63, 3.8) is 0 Å². The van der Waals surface area contributed by atoms with Crippen LogP contribution in [-0.4, -0.2) is 23.3 Å². The first-order chi connectivity index (χ1) is 13.6. The zero-order valence-corrected chi connectivity index (χ0v) is 15.8. The highest BCUT2D eigenvalue weighted by atomic mass is 16.4. The van der Waals surface area contributed by atoms with Crippen LogP contribution < -0.4 is 22.2 Å². The van der Waals surface area contributed by atoms with E-state index in [1.54, 1.807) is 12.1 Å². The van der Waals surface area contributed by atoms with E-state index in [-0.39, 0.29) is 0 Å². The van der Waals surface area contributed by atoms with E-state index in [9.17, 15) is 9.90 Å². The molecule has 2 aromatic rings. The normalized spacial score (nSPS) is 15.6. The first kappa shape index (κ1) is 19.7. The fraction of sp³-hybridized carbons (Fsp3) is 0.333. The van der Waals surface area contributed by atoms with Gasteiger partial charge in [0.05, 0.1) is 6.21 Å². The minimum atomic E-state index is -0.950. The van der Waals surface area contributed by atoms with Gasteiger partial charge in [0.15, 0.2) is 6.04 Å². The fourth-order valence-corrected chi connectivity index (χ4v) is 3.60. The maximum absolute atomic E-state index is 12.0. The van der Waals surface area contributed by atoms with Crippen LogP contribution in [0.4, 0.5) is 11.4 Å². The molecule has 1 unspecified atom stereocenters. The number of carboxylic acids is 1. The van der Waals surface area contributed by atoms with Crippen LogP contribution in [0, 0.1) is 0 Å². The molecule has 7 N–H and O–H groups in total. The van der Waals surface area contributed by atoms with Crippen LogP contribution >= 0.6 is 0 Å². The predicted octanol–water partition coefficient (Wildman–Crippen LogP) is 3.03. The predicted molar refractivity (Wildman–Crippen MR) is 112 cm³/mol. The second-order valence-corrected chi connectivity index (χ2v) is 7.11. The van der Waals surface area contributed by atoms with Crippen molar-refractivity contribution in [2.45, 2.75) is 44.3 Å². The molecule has 0 aromatic heterocycles. The summed E-state index contributed by atoms with van der Waals surface area (Å²) in [6, 6.07) is 12.6. The Balaban J connectivity index is 1.84. The number of hydrazone groups is 1. The summed E-state index contributed by atoms with van der Waals surface area (Å²) in [5, 5.41) is 19.9. The van der Waals surface area contributed by atoms with Crippen LogP contribution in [0.25, 0.3) is 0 Å². The van der Waals surface area contributed by atoms with Gasteiger partial charge in [0.25, 0.3) is 0 Å². The lowest BCUT2D eigenvalue weighted by Gasteiger charge is -2.20. The molecule has 3 rings (SSSR count). The summed E-state index contributed by atoms with van der Waals surface area (Å²) < 4.78 is 0. The van der Waals surface area contributed by atoms with Gasteiger partial charge in [0.2, 0.25) is 0 Å². The molecule has 0 saturated heterocycles. The van der Waals surface area contributed by atoms with Crippen molar-refractivity contribution in [1.82, 2.24) is 0 Å². The van der Waals surface area contributed by atoms with E-state index in [1.165, 1.54) is 19.1 Å². The summed E-state index contributed by atoms with van der Waals surface area (Å²) in [4.78, 5) is 12.0. The van der Waals surface area contributed by atoms with E-state index in [0.29, 0.717) is 23.8 Å². The topological polar surface area (TPSA) is 126 Å². The second kappa shape index (κ2) is 9.23. The zero-order chi connectivity index (χ0) is 19.9. The Kier molecular flexibility index (Phi) is 6.49. The van der Waals surface area contributed by atoms with Crippen LogP contribution in [0.15, 0.2) is 47.6 Å². The lowest BCUT2D eigenvalue weighted by atomic mass is 10.0. The summed E-state index contributed by atoms with van der Waals surface area (Å²) in [7, 11) is 0. The van der Waals surface area contributed by atoms with Gasteiger partial charge in [-0.15, -0.1) is 0 Å². The van der Waals surface area contributed by atoms with Crippen LogP contribution in [0.2, 0.25) is 0 Å². The number of carboxylic acid groups (broad SMARTS) is 1. The molecule has 0 amide bonds. The SMILES string of the molecule is NCc1cc(NC2CCCC2)cc(C(Nc2ccc(C=NN)cc2)C(=O)O)c1. The molecule has 1 atom stereocenters. The van der Waals surface area contributed by atoms with Gasteiger partial charge in [-0.2, -0.15) is 5.10 Å². The molecule has 1 aliphatic rings. The molecule has 1 saturated carbocycles. The Morgan fingerprint density at radius 3 is 2.50 bits per heavy atom. The highest BCUT2D eigenvalue weighted by molar-refractivity contribution is 5.82. The van der Waals surface area contributed by atoms with Gasteiger partial charge in [-0.3, -0.25) is 0 Å². The van der Waals surface area contributed by atoms with Crippen molar-refractivity contribution < 1.29 is 9.90 Å². The Morgan fingerprint density at radius 2 is 1.89 bits per heavy atom. The van der Waals surface area contributed by atoms with Gasteiger partial charge < -0.3 is 27.3 Å². The standard InChI is InChI=1S/C21H27N5O2/c22-12-15-9-16(11-19(10-15)25-17-3-1-2-4-17)20(21(27)28)26-18-7-5-14(6-8-18)13-24-23/h5-11,13,17,20,25-26H,1-4,12,22-23H2,(H,27,28). The van der Waals surface area contributed by atoms with Crippen molar-refractivity contribution in [2.24, 2.45) is 16.7 Å². The third-order valence-electron chi connectivity index (χ3n) is 5.00. The second-order valence-electron chi connectivity index (χ2n) is 7.11. The smallest absolute Gasteiger partial charge is 0.330 e. The maximum Gasteiger partial charge on any atom is 0.330 e. The van der Waals surface area contributed by atoms with Crippen LogP contribution in [-0.2, 0) is 11.3 Å². The Hall–Kier alpha value is -3.06. The molecule has 7 heteroatoms. The number of benzene rings is 2. The highest BCUT2D eigenvalue weighted by Gasteiger charge is 2.22. The van der Waals surface area contributed by atoms with E-state index in [4.69, 9.17) is 11.6 Å². The Labute approximate surface area is 164 Å². The van der Waals surface area contributed by atoms with E-state index in [0.717, 1.165) is 29.7 Å². The molecule has 0 bridgehead atoms. The summed E-state index contributed by atoms with van der Waals surface area (Å²) >= 11 is 0. The molecule has 1 fully saturated rings. The van der Waals surface area contributed by atoms with Crippen molar-refractivity contribution in [2.75, 3.05) is 10.6 Å². The third kappa shape index (κ3) is 5.01. The number of carbonyl (C=O) groups is 1. The van der Waals surface area contributed by atoms with Crippen LogP contribution in [0.3, 0.4) is 0 Å². The largest absolute Gasteiger partial charge is 0.479 e. The van der Waals surface area contributed by atoms with Gasteiger partial charge in [-0.1, -0.05) is 31.0 Å². The molecule has 1 aliphatic carbocycles. The maximum atomic E-state index is 12.0. The van der Waals surface area contributed by atoms with Gasteiger partial charge in [-0.05, 0) is 53.8 Å². The Bertz CT molecular complexity index is 829. The number of nitrogens with zero attached hydrogens (tertiary/aromatic N) is 1. The fourth-order valence-electron chi connectivity index (χ4n) is 3.60. The molecule has 148 valence electrons. The molecule has 0 radical (unpaired) electrons. The van der Waals surface area contributed by atoms with Crippen molar-refractivity contribution >= 4 is 23.6 Å². The summed E-state index contributed by atoms with van der Waals surface area (Å²) in [6.07, 6.45) is 6.27.